The van der Waals surface area contributed by atoms with Gasteiger partial charge in [0.15, 0.2) is 6.10 Å². The van der Waals surface area contributed by atoms with Crippen molar-refractivity contribution in [3.63, 3.8) is 0 Å². The Kier molecular flexibility index (Phi) is 5.48. The second kappa shape index (κ2) is 7.14. The average Bonchev–Trinajstić information content (AvgIpc) is 2.72. The monoisotopic (exact) mass is 312 g/mol. The zero-order valence-corrected chi connectivity index (χ0v) is 13.2. The molecule has 0 heterocycles. The standard InChI is InChI=1S/C16H21ClO4/c1-3-21-16(19)14(18)12-9-10-7-5-4-6-8-11(10)13(17)15(12)20-2/h9,14,18H,3-8H2,1-2H3. The highest BCUT2D eigenvalue weighted by atomic mass is 35.5. The molecule has 2 rings (SSSR count). The summed E-state index contributed by atoms with van der Waals surface area (Å²) in [6, 6.07) is 1.84. The van der Waals surface area contributed by atoms with Crippen LogP contribution < -0.4 is 4.74 Å². The van der Waals surface area contributed by atoms with Crippen LogP contribution >= 0.6 is 11.6 Å². The van der Waals surface area contributed by atoms with Crippen molar-refractivity contribution in [1.82, 2.24) is 0 Å². The van der Waals surface area contributed by atoms with E-state index in [1.807, 2.05) is 6.07 Å². The summed E-state index contributed by atoms with van der Waals surface area (Å²) in [7, 11) is 1.49. The van der Waals surface area contributed by atoms with Crippen molar-refractivity contribution < 1.29 is 19.4 Å². The molecule has 0 spiro atoms. The van der Waals surface area contributed by atoms with Crippen molar-refractivity contribution in [2.24, 2.45) is 0 Å². The Bertz CT molecular complexity index is 527. The van der Waals surface area contributed by atoms with Gasteiger partial charge in [0.2, 0.25) is 0 Å². The summed E-state index contributed by atoms with van der Waals surface area (Å²) in [5, 5.41) is 10.7. The third-order valence-corrected chi connectivity index (χ3v) is 4.23. The van der Waals surface area contributed by atoms with Gasteiger partial charge in [0.1, 0.15) is 5.75 Å². The molecule has 116 valence electrons. The first-order chi connectivity index (χ1) is 10.1. The van der Waals surface area contributed by atoms with Crippen LogP contribution in [0, 0.1) is 0 Å². The summed E-state index contributed by atoms with van der Waals surface area (Å²) in [5.41, 5.74) is 2.56. The summed E-state index contributed by atoms with van der Waals surface area (Å²) in [6.07, 6.45) is 3.77. The highest BCUT2D eigenvalue weighted by molar-refractivity contribution is 6.33. The molecule has 1 aromatic carbocycles. The number of carbonyl (C=O) groups is 1. The van der Waals surface area contributed by atoms with Crippen molar-refractivity contribution >= 4 is 17.6 Å². The minimum absolute atomic E-state index is 0.219. The number of esters is 1. The minimum Gasteiger partial charge on any atom is -0.495 e. The molecule has 4 nitrogen and oxygen atoms in total. The van der Waals surface area contributed by atoms with Gasteiger partial charge in [-0.05, 0) is 49.8 Å². The Hall–Kier alpha value is -1.26. The van der Waals surface area contributed by atoms with Crippen LogP contribution in [0.25, 0.3) is 0 Å². The predicted octanol–water partition coefficient (Wildman–Crippen LogP) is 3.21. The molecule has 0 saturated carbocycles. The van der Waals surface area contributed by atoms with E-state index >= 15 is 0 Å². The molecule has 0 bridgehead atoms. The molecule has 1 aliphatic rings. The number of ether oxygens (including phenoxy) is 2. The summed E-state index contributed by atoms with van der Waals surface area (Å²) in [4.78, 5) is 11.8. The summed E-state index contributed by atoms with van der Waals surface area (Å²) in [6.45, 7) is 1.92. The second-order valence-electron chi connectivity index (χ2n) is 5.17. The number of aliphatic hydroxyl groups excluding tert-OH is 1. The van der Waals surface area contributed by atoms with E-state index in [1.54, 1.807) is 6.92 Å². The van der Waals surface area contributed by atoms with Gasteiger partial charge in [-0.3, -0.25) is 0 Å². The number of halogens is 1. The van der Waals surface area contributed by atoms with E-state index in [1.165, 1.54) is 7.11 Å². The van der Waals surface area contributed by atoms with Crippen LogP contribution in [0.2, 0.25) is 5.02 Å². The first kappa shape index (κ1) is 16.1. The first-order valence-electron chi connectivity index (χ1n) is 7.33. The molecule has 0 fully saturated rings. The Balaban J connectivity index is 2.47. The molecule has 0 aliphatic heterocycles. The van der Waals surface area contributed by atoms with E-state index in [0.717, 1.165) is 43.2 Å². The van der Waals surface area contributed by atoms with Gasteiger partial charge in [0, 0.05) is 5.56 Å². The number of aryl methyl sites for hydroxylation is 1. The van der Waals surface area contributed by atoms with Crippen LogP contribution in [0.5, 0.6) is 5.75 Å². The lowest BCUT2D eigenvalue weighted by atomic mass is 9.96. The van der Waals surface area contributed by atoms with Gasteiger partial charge in [-0.1, -0.05) is 18.0 Å². The second-order valence-corrected chi connectivity index (χ2v) is 5.54. The Morgan fingerprint density at radius 2 is 2.10 bits per heavy atom. The van der Waals surface area contributed by atoms with Crippen molar-refractivity contribution in [3.8, 4) is 5.75 Å². The van der Waals surface area contributed by atoms with Crippen molar-refractivity contribution in [2.45, 2.75) is 45.1 Å². The van der Waals surface area contributed by atoms with E-state index in [-0.39, 0.29) is 6.61 Å². The molecular weight excluding hydrogens is 292 g/mol. The molecule has 1 aromatic rings. The molecule has 0 saturated heterocycles. The summed E-state index contributed by atoms with van der Waals surface area (Å²) < 4.78 is 10.2. The van der Waals surface area contributed by atoms with Gasteiger partial charge >= 0.3 is 5.97 Å². The number of aliphatic hydroxyl groups is 1. The van der Waals surface area contributed by atoms with E-state index in [2.05, 4.69) is 0 Å². The maximum Gasteiger partial charge on any atom is 0.339 e. The van der Waals surface area contributed by atoms with Gasteiger partial charge in [-0.15, -0.1) is 0 Å². The normalized spacial score (nSPS) is 15.8. The van der Waals surface area contributed by atoms with Crippen LogP contribution in [-0.2, 0) is 22.4 Å². The molecule has 0 aromatic heterocycles. The fourth-order valence-electron chi connectivity index (χ4n) is 2.79. The van der Waals surface area contributed by atoms with E-state index in [4.69, 9.17) is 21.1 Å². The number of methoxy groups -OCH3 is 1. The largest absolute Gasteiger partial charge is 0.495 e. The quantitative estimate of drug-likeness (QED) is 0.685. The van der Waals surface area contributed by atoms with Gasteiger partial charge in [-0.25, -0.2) is 4.79 Å². The SMILES string of the molecule is CCOC(=O)C(O)c1cc2c(c(Cl)c1OC)CCCCC2. The van der Waals surface area contributed by atoms with Crippen LogP contribution in [0.1, 0.15) is 49.0 Å². The maximum absolute atomic E-state index is 11.8. The van der Waals surface area contributed by atoms with E-state index < -0.39 is 12.1 Å². The van der Waals surface area contributed by atoms with Crippen molar-refractivity contribution in [3.05, 3.63) is 27.8 Å². The Labute approximate surface area is 130 Å². The van der Waals surface area contributed by atoms with Gasteiger partial charge in [0.05, 0.1) is 18.7 Å². The van der Waals surface area contributed by atoms with Gasteiger partial charge in [0.25, 0.3) is 0 Å². The highest BCUT2D eigenvalue weighted by Gasteiger charge is 2.27. The topological polar surface area (TPSA) is 55.8 Å². The molecule has 1 unspecified atom stereocenters. The fourth-order valence-corrected chi connectivity index (χ4v) is 3.19. The third kappa shape index (κ3) is 3.33. The van der Waals surface area contributed by atoms with E-state index in [0.29, 0.717) is 16.3 Å². The highest BCUT2D eigenvalue weighted by Crippen LogP contribution is 2.40. The summed E-state index contributed by atoms with van der Waals surface area (Å²) >= 11 is 6.44. The lowest BCUT2D eigenvalue weighted by Gasteiger charge is -2.19. The Morgan fingerprint density at radius 3 is 2.76 bits per heavy atom. The van der Waals surface area contributed by atoms with Crippen LogP contribution in [-0.4, -0.2) is 24.8 Å². The van der Waals surface area contributed by atoms with Crippen LogP contribution in [0.4, 0.5) is 0 Å². The molecule has 0 amide bonds. The molecule has 1 atom stereocenters. The fraction of sp³-hybridized carbons (Fsp3) is 0.562. The minimum atomic E-state index is -1.37. The lowest BCUT2D eigenvalue weighted by Crippen LogP contribution is -2.17. The molecule has 1 aliphatic carbocycles. The molecule has 21 heavy (non-hydrogen) atoms. The number of hydrogen-bond donors (Lipinski definition) is 1. The number of hydrogen-bond acceptors (Lipinski definition) is 4. The molecular formula is C16H21ClO4. The Morgan fingerprint density at radius 1 is 1.38 bits per heavy atom. The number of rotatable bonds is 4. The number of carbonyl (C=O) groups excluding carboxylic acids is 1. The van der Waals surface area contributed by atoms with Crippen LogP contribution in [0.15, 0.2) is 6.07 Å². The average molecular weight is 313 g/mol. The third-order valence-electron chi connectivity index (χ3n) is 3.83. The lowest BCUT2D eigenvalue weighted by molar-refractivity contribution is -0.153. The van der Waals surface area contributed by atoms with Gasteiger partial charge in [-0.2, -0.15) is 0 Å². The predicted molar refractivity (Wildman–Crippen MR) is 80.9 cm³/mol. The smallest absolute Gasteiger partial charge is 0.339 e. The molecule has 1 N–H and O–H groups in total. The zero-order chi connectivity index (χ0) is 15.4. The van der Waals surface area contributed by atoms with Crippen molar-refractivity contribution in [1.29, 1.82) is 0 Å². The first-order valence-corrected chi connectivity index (χ1v) is 7.70. The summed E-state index contributed by atoms with van der Waals surface area (Å²) in [5.74, 6) is -0.307. The van der Waals surface area contributed by atoms with Crippen molar-refractivity contribution in [2.75, 3.05) is 13.7 Å². The number of fused-ring (bicyclic) bond motifs is 1. The zero-order valence-electron chi connectivity index (χ0n) is 12.4. The van der Waals surface area contributed by atoms with Gasteiger partial charge < -0.3 is 14.6 Å². The van der Waals surface area contributed by atoms with E-state index in [9.17, 15) is 9.90 Å². The number of benzene rings is 1. The maximum atomic E-state index is 11.8. The molecule has 0 radical (unpaired) electrons. The molecule has 5 heteroatoms. The van der Waals surface area contributed by atoms with Crippen LogP contribution in [0.3, 0.4) is 0 Å².